The second kappa shape index (κ2) is 8.14. The molecule has 0 saturated heterocycles. The van der Waals surface area contributed by atoms with E-state index >= 15 is 0 Å². The Morgan fingerprint density at radius 2 is 1.93 bits per heavy atom. The molecule has 0 radical (unpaired) electrons. The first-order valence-electron chi connectivity index (χ1n) is 9.12. The van der Waals surface area contributed by atoms with Crippen molar-refractivity contribution >= 4 is 17.6 Å². The second-order valence-corrected chi connectivity index (χ2v) is 6.60. The number of hydrogen-bond acceptors (Lipinski definition) is 4. The minimum atomic E-state index is -0.772. The molecule has 1 heterocycles. The molecule has 0 aliphatic heterocycles. The van der Waals surface area contributed by atoms with Crippen molar-refractivity contribution in [2.45, 2.75) is 26.9 Å². The fraction of sp³-hybridized carbons (Fsp3) is 0.190. The molecule has 150 valence electrons. The molecule has 0 spiro atoms. The number of nitrogens with zero attached hydrogens (tertiary/aromatic N) is 2. The van der Waals surface area contributed by atoms with Gasteiger partial charge in [0.25, 0.3) is 11.8 Å². The number of primary amides is 1. The molecule has 0 fully saturated rings. The van der Waals surface area contributed by atoms with Crippen LogP contribution in [0.2, 0.25) is 0 Å². The summed E-state index contributed by atoms with van der Waals surface area (Å²) < 4.78 is 16.2. The summed E-state index contributed by atoms with van der Waals surface area (Å²) in [6, 6.07) is 11.7. The zero-order valence-electron chi connectivity index (χ0n) is 16.2. The van der Waals surface area contributed by atoms with E-state index in [1.54, 1.807) is 25.1 Å². The van der Waals surface area contributed by atoms with Crippen molar-refractivity contribution in [3.63, 3.8) is 0 Å². The van der Waals surface area contributed by atoms with Crippen LogP contribution < -0.4 is 16.8 Å². The van der Waals surface area contributed by atoms with E-state index < -0.39 is 11.7 Å². The molecule has 0 bridgehead atoms. The van der Waals surface area contributed by atoms with Crippen LogP contribution in [0.15, 0.2) is 42.5 Å². The number of amides is 2. The largest absolute Gasteiger partial charge is 0.383 e. The Morgan fingerprint density at radius 3 is 2.55 bits per heavy atom. The number of aryl methyl sites for hydroxylation is 2. The summed E-state index contributed by atoms with van der Waals surface area (Å²) in [6.45, 7) is 4.21. The number of benzene rings is 2. The summed E-state index contributed by atoms with van der Waals surface area (Å²) in [7, 11) is 0. The van der Waals surface area contributed by atoms with Crippen LogP contribution in [0.1, 0.15) is 38.8 Å². The van der Waals surface area contributed by atoms with Gasteiger partial charge in [-0.25, -0.2) is 9.07 Å². The Balaban J connectivity index is 1.84. The standard InChI is InChI=1S/C21H22FN5O2/c1-3-27-19(23)17(20(24)28)18(26-27)15-9-8-13(10-16(15)22)11-25-21(29)14-7-5-4-6-12(14)2/h4-10H,3,11,23H2,1-2H3,(H2,24,28)(H,25,29). The van der Waals surface area contributed by atoms with E-state index in [4.69, 9.17) is 11.5 Å². The molecule has 7 nitrogen and oxygen atoms in total. The molecule has 5 N–H and O–H groups in total. The number of anilines is 1. The molecule has 3 rings (SSSR count). The third-order valence-corrected chi connectivity index (χ3v) is 4.67. The molecule has 29 heavy (non-hydrogen) atoms. The average molecular weight is 395 g/mol. The highest BCUT2D eigenvalue weighted by molar-refractivity contribution is 6.03. The lowest BCUT2D eigenvalue weighted by atomic mass is 10.0. The maximum absolute atomic E-state index is 14.8. The smallest absolute Gasteiger partial charge is 0.254 e. The van der Waals surface area contributed by atoms with Crippen molar-refractivity contribution in [1.29, 1.82) is 0 Å². The van der Waals surface area contributed by atoms with Gasteiger partial charge in [-0.1, -0.05) is 24.3 Å². The van der Waals surface area contributed by atoms with E-state index in [9.17, 15) is 14.0 Å². The Kier molecular flexibility index (Phi) is 5.63. The van der Waals surface area contributed by atoms with Gasteiger partial charge in [0.15, 0.2) is 0 Å². The fourth-order valence-corrected chi connectivity index (χ4v) is 3.11. The highest BCUT2D eigenvalue weighted by Crippen LogP contribution is 2.29. The molecule has 0 aliphatic rings. The predicted octanol–water partition coefficient (Wildman–Crippen LogP) is 2.63. The lowest BCUT2D eigenvalue weighted by Crippen LogP contribution is -2.23. The normalized spacial score (nSPS) is 10.7. The van der Waals surface area contributed by atoms with E-state index in [2.05, 4.69) is 10.4 Å². The monoisotopic (exact) mass is 395 g/mol. The highest BCUT2D eigenvalue weighted by Gasteiger charge is 2.23. The fourth-order valence-electron chi connectivity index (χ4n) is 3.11. The predicted molar refractivity (Wildman–Crippen MR) is 109 cm³/mol. The molecule has 1 aromatic heterocycles. The van der Waals surface area contributed by atoms with Crippen LogP contribution in [0.25, 0.3) is 11.3 Å². The molecule has 0 unspecified atom stereocenters. The van der Waals surface area contributed by atoms with Gasteiger partial charge in [-0.3, -0.25) is 9.59 Å². The summed E-state index contributed by atoms with van der Waals surface area (Å²) in [5.74, 6) is -1.50. The van der Waals surface area contributed by atoms with Crippen LogP contribution in [-0.2, 0) is 13.1 Å². The SMILES string of the molecule is CCn1nc(-c2ccc(CNC(=O)c3ccccc3C)cc2F)c(C(N)=O)c1N. The van der Waals surface area contributed by atoms with Crippen LogP contribution in [0.4, 0.5) is 10.2 Å². The molecule has 3 aromatic rings. The van der Waals surface area contributed by atoms with Gasteiger partial charge in [0.2, 0.25) is 0 Å². The van der Waals surface area contributed by atoms with E-state index in [1.165, 1.54) is 16.8 Å². The van der Waals surface area contributed by atoms with Crippen molar-refractivity contribution < 1.29 is 14.0 Å². The van der Waals surface area contributed by atoms with E-state index in [-0.39, 0.29) is 35.1 Å². The van der Waals surface area contributed by atoms with Crippen LogP contribution in [0.5, 0.6) is 0 Å². The van der Waals surface area contributed by atoms with Crippen molar-refractivity contribution in [3.8, 4) is 11.3 Å². The Bertz CT molecular complexity index is 1090. The van der Waals surface area contributed by atoms with Gasteiger partial charge >= 0.3 is 0 Å². The van der Waals surface area contributed by atoms with E-state index in [1.807, 2.05) is 19.1 Å². The maximum atomic E-state index is 14.8. The van der Waals surface area contributed by atoms with Gasteiger partial charge in [-0.2, -0.15) is 5.10 Å². The number of aromatic nitrogens is 2. The highest BCUT2D eigenvalue weighted by atomic mass is 19.1. The Hall–Kier alpha value is -3.68. The third-order valence-electron chi connectivity index (χ3n) is 4.67. The lowest BCUT2D eigenvalue weighted by Gasteiger charge is -2.09. The number of halogens is 1. The van der Waals surface area contributed by atoms with Gasteiger partial charge in [0.05, 0.1) is 0 Å². The van der Waals surface area contributed by atoms with Crippen molar-refractivity contribution in [2.75, 3.05) is 5.73 Å². The number of hydrogen-bond donors (Lipinski definition) is 3. The van der Waals surface area contributed by atoms with E-state index in [0.29, 0.717) is 17.7 Å². The molecular weight excluding hydrogens is 373 g/mol. The molecule has 8 heteroatoms. The lowest BCUT2D eigenvalue weighted by molar-refractivity contribution is 0.0949. The Morgan fingerprint density at radius 1 is 1.21 bits per heavy atom. The minimum absolute atomic E-state index is 0.00800. The zero-order valence-corrected chi connectivity index (χ0v) is 16.2. The average Bonchev–Trinajstić information content (AvgIpc) is 3.02. The number of nitrogens with two attached hydrogens (primary N) is 2. The van der Waals surface area contributed by atoms with Gasteiger partial charge in [0.1, 0.15) is 22.9 Å². The summed E-state index contributed by atoms with van der Waals surface area (Å²) in [6.07, 6.45) is 0. The second-order valence-electron chi connectivity index (χ2n) is 6.60. The van der Waals surface area contributed by atoms with Crippen LogP contribution in [-0.4, -0.2) is 21.6 Å². The van der Waals surface area contributed by atoms with E-state index in [0.717, 1.165) is 5.56 Å². The van der Waals surface area contributed by atoms with Crippen molar-refractivity contribution in [1.82, 2.24) is 15.1 Å². The zero-order chi connectivity index (χ0) is 21.1. The molecule has 0 atom stereocenters. The number of nitrogen functional groups attached to an aromatic ring is 1. The van der Waals surface area contributed by atoms with Gasteiger partial charge in [-0.15, -0.1) is 0 Å². The van der Waals surface area contributed by atoms with Crippen LogP contribution in [0.3, 0.4) is 0 Å². The first kappa shape index (κ1) is 20.1. The molecule has 2 aromatic carbocycles. The number of carbonyl (C=O) groups is 2. The van der Waals surface area contributed by atoms with Crippen LogP contribution >= 0.6 is 0 Å². The molecule has 2 amide bonds. The van der Waals surface area contributed by atoms with Gasteiger partial charge < -0.3 is 16.8 Å². The third kappa shape index (κ3) is 3.96. The summed E-state index contributed by atoms with van der Waals surface area (Å²) in [5, 5.41) is 6.99. The van der Waals surface area contributed by atoms with Crippen molar-refractivity contribution in [3.05, 3.63) is 70.5 Å². The first-order valence-corrected chi connectivity index (χ1v) is 9.12. The van der Waals surface area contributed by atoms with Gasteiger partial charge in [-0.05, 0) is 43.2 Å². The summed E-state index contributed by atoms with van der Waals surface area (Å²) in [4.78, 5) is 24.1. The van der Waals surface area contributed by atoms with Gasteiger partial charge in [0, 0.05) is 24.2 Å². The minimum Gasteiger partial charge on any atom is -0.383 e. The molecule has 0 aliphatic carbocycles. The first-order chi connectivity index (χ1) is 13.8. The summed E-state index contributed by atoms with van der Waals surface area (Å²) in [5.41, 5.74) is 13.5. The maximum Gasteiger partial charge on any atom is 0.254 e. The van der Waals surface area contributed by atoms with Crippen LogP contribution in [0, 0.1) is 12.7 Å². The molecule has 0 saturated carbocycles. The number of nitrogens with one attached hydrogen (secondary N) is 1. The number of rotatable bonds is 6. The topological polar surface area (TPSA) is 116 Å². The summed E-state index contributed by atoms with van der Waals surface area (Å²) >= 11 is 0. The molecular formula is C21H22FN5O2. The Labute approximate surface area is 167 Å². The van der Waals surface area contributed by atoms with Crippen molar-refractivity contribution in [2.24, 2.45) is 5.73 Å². The number of carbonyl (C=O) groups excluding carboxylic acids is 2. The quantitative estimate of drug-likeness (QED) is 0.595.